The Bertz CT molecular complexity index is 801. The fourth-order valence-corrected chi connectivity index (χ4v) is 2.12. The van der Waals surface area contributed by atoms with E-state index in [0.717, 1.165) is 12.1 Å². The Balaban J connectivity index is 1.83. The first-order chi connectivity index (χ1) is 12.0. The number of nitrogens with zero attached hydrogens (tertiary/aromatic N) is 3. The Morgan fingerprint density at radius 3 is 2.56 bits per heavy atom. The van der Waals surface area contributed by atoms with Crippen molar-refractivity contribution in [3.63, 3.8) is 0 Å². The fourth-order valence-electron chi connectivity index (χ4n) is 2.12. The molecule has 9 nitrogen and oxygen atoms in total. The average Bonchev–Trinajstić information content (AvgIpc) is 2.61. The minimum Gasteiger partial charge on any atom is -0.383 e. The van der Waals surface area contributed by atoms with Gasteiger partial charge >= 0.3 is 0 Å². The van der Waals surface area contributed by atoms with Crippen molar-refractivity contribution in [2.24, 2.45) is 0 Å². The number of nitro benzene ring substituents is 1. The Morgan fingerprint density at radius 2 is 1.92 bits per heavy atom. The van der Waals surface area contributed by atoms with Crippen molar-refractivity contribution in [1.82, 2.24) is 15.1 Å². The minimum absolute atomic E-state index is 0.0205. The molecule has 1 amide bonds. The molecule has 0 aliphatic heterocycles. The molecule has 25 heavy (non-hydrogen) atoms. The zero-order chi connectivity index (χ0) is 18.2. The smallest absolute Gasteiger partial charge is 0.271 e. The molecule has 0 spiro atoms. The van der Waals surface area contributed by atoms with Gasteiger partial charge in [-0.3, -0.25) is 19.7 Å². The summed E-state index contributed by atoms with van der Waals surface area (Å²) < 4.78 is 1.27. The monoisotopic (exact) mass is 345 g/mol. The van der Waals surface area contributed by atoms with Crippen LogP contribution in [0.3, 0.4) is 0 Å². The summed E-state index contributed by atoms with van der Waals surface area (Å²) in [6.45, 7) is 3.16. The predicted molar refractivity (Wildman–Crippen MR) is 92.7 cm³/mol. The van der Waals surface area contributed by atoms with Crippen molar-refractivity contribution < 1.29 is 9.72 Å². The highest BCUT2D eigenvalue weighted by Gasteiger charge is 2.09. The summed E-state index contributed by atoms with van der Waals surface area (Å²) >= 11 is 0. The first kappa shape index (κ1) is 18.1. The van der Waals surface area contributed by atoms with Gasteiger partial charge in [-0.25, -0.2) is 4.68 Å². The third-order valence-corrected chi connectivity index (χ3v) is 3.35. The molecular formula is C16H19N5O4. The number of non-ortho nitro benzene ring substituents is 1. The number of carbonyl (C=O) groups excluding carboxylic acids is 1. The molecule has 0 atom stereocenters. The lowest BCUT2D eigenvalue weighted by Gasteiger charge is -2.08. The van der Waals surface area contributed by atoms with Crippen molar-refractivity contribution >= 4 is 17.3 Å². The quantitative estimate of drug-likeness (QED) is 0.424. The van der Waals surface area contributed by atoms with Crippen LogP contribution in [0.4, 0.5) is 11.4 Å². The second-order valence-corrected chi connectivity index (χ2v) is 5.27. The molecule has 0 unspecified atom stereocenters. The number of hydrogen-bond donors (Lipinski definition) is 2. The van der Waals surface area contributed by atoms with Crippen molar-refractivity contribution in [1.29, 1.82) is 0 Å². The van der Waals surface area contributed by atoms with E-state index in [1.54, 1.807) is 12.1 Å². The molecule has 0 aliphatic rings. The van der Waals surface area contributed by atoms with Gasteiger partial charge in [0.05, 0.1) is 4.92 Å². The molecule has 0 bridgehead atoms. The molecule has 0 radical (unpaired) electrons. The second kappa shape index (κ2) is 8.57. The predicted octanol–water partition coefficient (Wildman–Crippen LogP) is 1.40. The summed E-state index contributed by atoms with van der Waals surface area (Å²) in [7, 11) is 0. The number of carbonyl (C=O) groups is 1. The van der Waals surface area contributed by atoms with Crippen LogP contribution in [0.5, 0.6) is 0 Å². The second-order valence-electron chi connectivity index (χ2n) is 5.27. The number of anilines is 1. The lowest BCUT2D eigenvalue weighted by atomic mass is 10.3. The Labute approximate surface area is 143 Å². The number of benzene rings is 1. The van der Waals surface area contributed by atoms with Gasteiger partial charge in [-0.2, -0.15) is 5.10 Å². The maximum Gasteiger partial charge on any atom is 0.271 e. The van der Waals surface area contributed by atoms with Crippen molar-refractivity contribution in [2.45, 2.75) is 19.9 Å². The van der Waals surface area contributed by atoms with Crippen molar-refractivity contribution in [3.05, 3.63) is 62.6 Å². The Kier molecular flexibility index (Phi) is 6.21. The van der Waals surface area contributed by atoms with Crippen LogP contribution in [0.25, 0.3) is 0 Å². The summed E-state index contributed by atoms with van der Waals surface area (Å²) in [6, 6.07) is 8.73. The summed E-state index contributed by atoms with van der Waals surface area (Å²) in [5, 5.41) is 20.4. The van der Waals surface area contributed by atoms with E-state index < -0.39 is 4.92 Å². The van der Waals surface area contributed by atoms with E-state index in [1.807, 2.05) is 6.92 Å². The maximum absolute atomic E-state index is 12.1. The third kappa shape index (κ3) is 5.13. The number of aryl methyl sites for hydroxylation is 1. The number of hydrogen-bond acceptors (Lipinski definition) is 6. The summed E-state index contributed by atoms with van der Waals surface area (Å²) in [4.78, 5) is 33.8. The normalized spacial score (nSPS) is 10.3. The Morgan fingerprint density at radius 1 is 1.20 bits per heavy atom. The molecule has 9 heteroatoms. The molecule has 0 aliphatic carbocycles. The van der Waals surface area contributed by atoms with Gasteiger partial charge in [-0.05, 0) is 24.6 Å². The molecule has 0 fully saturated rings. The number of nitrogens with one attached hydrogen (secondary N) is 2. The molecule has 2 rings (SSSR count). The topological polar surface area (TPSA) is 119 Å². The van der Waals surface area contributed by atoms with E-state index in [0.29, 0.717) is 19.6 Å². The molecule has 2 aromatic rings. The number of rotatable bonds is 8. The first-order valence-corrected chi connectivity index (χ1v) is 7.86. The summed E-state index contributed by atoms with van der Waals surface area (Å²) in [5.74, 6) is -0.365. The molecule has 0 saturated carbocycles. The van der Waals surface area contributed by atoms with E-state index in [9.17, 15) is 19.7 Å². The van der Waals surface area contributed by atoms with Crippen LogP contribution in [0.2, 0.25) is 0 Å². The molecule has 0 saturated heterocycles. The van der Waals surface area contributed by atoms with Crippen LogP contribution >= 0.6 is 0 Å². The van der Waals surface area contributed by atoms with Gasteiger partial charge in [0.15, 0.2) is 0 Å². The van der Waals surface area contributed by atoms with Crippen LogP contribution in [0.1, 0.15) is 23.8 Å². The SMILES string of the molecule is CCCn1nc(C(=O)NCCNc2ccc([N+](=O)[O-])cc2)ccc1=O. The summed E-state index contributed by atoms with van der Waals surface area (Å²) in [5.41, 5.74) is 0.684. The number of amides is 1. The highest BCUT2D eigenvalue weighted by Crippen LogP contribution is 2.14. The van der Waals surface area contributed by atoms with Gasteiger partial charge < -0.3 is 10.6 Å². The van der Waals surface area contributed by atoms with Gasteiger partial charge in [-0.1, -0.05) is 6.92 Å². The van der Waals surface area contributed by atoms with E-state index in [-0.39, 0.29) is 22.8 Å². The molecular weight excluding hydrogens is 326 g/mol. The number of nitro groups is 1. The molecule has 132 valence electrons. The van der Waals surface area contributed by atoms with Crippen LogP contribution in [-0.4, -0.2) is 33.7 Å². The van der Waals surface area contributed by atoms with E-state index in [4.69, 9.17) is 0 Å². The van der Waals surface area contributed by atoms with Gasteiger partial charge in [0.2, 0.25) is 0 Å². The van der Waals surface area contributed by atoms with E-state index in [1.165, 1.54) is 28.9 Å². The molecule has 2 N–H and O–H groups in total. The van der Waals surface area contributed by atoms with E-state index in [2.05, 4.69) is 15.7 Å². The zero-order valence-electron chi connectivity index (χ0n) is 13.8. The van der Waals surface area contributed by atoms with Crippen LogP contribution in [0, 0.1) is 10.1 Å². The third-order valence-electron chi connectivity index (χ3n) is 3.35. The standard InChI is InChI=1S/C16H19N5O4/c1-2-11-20-15(22)8-7-14(19-20)16(23)18-10-9-17-12-3-5-13(6-4-12)21(24)25/h3-8,17H,2,9-11H2,1H3,(H,18,23). The van der Waals surface area contributed by atoms with Gasteiger partial charge in [0, 0.05) is 43.5 Å². The first-order valence-electron chi connectivity index (χ1n) is 7.86. The Hall–Kier alpha value is -3.23. The molecule has 1 aromatic heterocycles. The fraction of sp³-hybridized carbons (Fsp3) is 0.312. The van der Waals surface area contributed by atoms with Crippen molar-refractivity contribution in [2.75, 3.05) is 18.4 Å². The maximum atomic E-state index is 12.1. The summed E-state index contributed by atoms with van der Waals surface area (Å²) in [6.07, 6.45) is 0.747. The van der Waals surface area contributed by atoms with Gasteiger partial charge in [0.25, 0.3) is 17.2 Å². The lowest BCUT2D eigenvalue weighted by Crippen LogP contribution is -2.32. The molecule has 1 heterocycles. The zero-order valence-corrected chi connectivity index (χ0v) is 13.8. The molecule has 1 aromatic carbocycles. The highest BCUT2D eigenvalue weighted by molar-refractivity contribution is 5.91. The van der Waals surface area contributed by atoms with Gasteiger partial charge in [-0.15, -0.1) is 0 Å². The van der Waals surface area contributed by atoms with Crippen LogP contribution < -0.4 is 16.2 Å². The van der Waals surface area contributed by atoms with Gasteiger partial charge in [0.1, 0.15) is 5.69 Å². The highest BCUT2D eigenvalue weighted by atomic mass is 16.6. The lowest BCUT2D eigenvalue weighted by molar-refractivity contribution is -0.384. The van der Waals surface area contributed by atoms with Crippen molar-refractivity contribution in [3.8, 4) is 0 Å². The largest absolute Gasteiger partial charge is 0.383 e. The number of aromatic nitrogens is 2. The average molecular weight is 345 g/mol. The minimum atomic E-state index is -0.463. The van der Waals surface area contributed by atoms with Crippen LogP contribution in [-0.2, 0) is 6.54 Å². The van der Waals surface area contributed by atoms with E-state index >= 15 is 0 Å². The van der Waals surface area contributed by atoms with Crippen LogP contribution in [0.15, 0.2) is 41.2 Å².